The first-order valence-corrected chi connectivity index (χ1v) is 6.86. The van der Waals surface area contributed by atoms with Gasteiger partial charge in [0.1, 0.15) is 0 Å². The highest BCUT2D eigenvalue weighted by Gasteiger charge is 2.43. The van der Waals surface area contributed by atoms with Crippen LogP contribution in [-0.4, -0.2) is 34.2 Å². The number of ether oxygens (including phenoxy) is 1. The van der Waals surface area contributed by atoms with Crippen LogP contribution in [0.4, 0.5) is 0 Å². The molecule has 1 aliphatic rings. The summed E-state index contributed by atoms with van der Waals surface area (Å²) in [6.07, 6.45) is 7.66. The SMILES string of the molecule is CCCNC(c1cnnn1C)C1(OC)CCCC1. The molecule has 0 spiro atoms. The van der Waals surface area contributed by atoms with E-state index in [2.05, 4.69) is 22.6 Å². The van der Waals surface area contributed by atoms with Gasteiger partial charge in [-0.05, 0) is 25.8 Å². The van der Waals surface area contributed by atoms with Crippen molar-refractivity contribution in [3.05, 3.63) is 11.9 Å². The Hall–Kier alpha value is -0.940. The molecule has 1 heterocycles. The van der Waals surface area contributed by atoms with Gasteiger partial charge < -0.3 is 10.1 Å². The normalized spacial score (nSPS) is 20.2. The van der Waals surface area contributed by atoms with Crippen molar-refractivity contribution in [3.63, 3.8) is 0 Å². The van der Waals surface area contributed by atoms with Crippen LogP contribution in [0.25, 0.3) is 0 Å². The maximum Gasteiger partial charge on any atom is 0.0888 e. The van der Waals surface area contributed by atoms with Gasteiger partial charge in [0.25, 0.3) is 0 Å². The minimum atomic E-state index is -0.0926. The monoisotopic (exact) mass is 252 g/mol. The maximum atomic E-state index is 5.91. The van der Waals surface area contributed by atoms with E-state index in [1.54, 1.807) is 0 Å². The first kappa shape index (κ1) is 13.5. The van der Waals surface area contributed by atoms with Gasteiger partial charge in [0.2, 0.25) is 0 Å². The second-order valence-corrected chi connectivity index (χ2v) is 5.15. The molecule has 0 aliphatic heterocycles. The zero-order valence-corrected chi connectivity index (χ0v) is 11.6. The van der Waals surface area contributed by atoms with E-state index >= 15 is 0 Å². The van der Waals surface area contributed by atoms with E-state index in [4.69, 9.17) is 4.74 Å². The van der Waals surface area contributed by atoms with Gasteiger partial charge in [-0.3, -0.25) is 4.68 Å². The number of nitrogens with one attached hydrogen (secondary N) is 1. The molecule has 102 valence electrons. The van der Waals surface area contributed by atoms with Crippen LogP contribution in [0, 0.1) is 0 Å². The summed E-state index contributed by atoms with van der Waals surface area (Å²) in [7, 11) is 3.77. The summed E-state index contributed by atoms with van der Waals surface area (Å²) in [5.74, 6) is 0. The Labute approximate surface area is 109 Å². The summed E-state index contributed by atoms with van der Waals surface area (Å²) in [5.41, 5.74) is 1.03. The lowest BCUT2D eigenvalue weighted by Crippen LogP contribution is -2.44. The summed E-state index contributed by atoms with van der Waals surface area (Å²) in [5, 5.41) is 11.7. The van der Waals surface area contributed by atoms with Crippen LogP contribution in [-0.2, 0) is 11.8 Å². The van der Waals surface area contributed by atoms with Crippen LogP contribution in [0.1, 0.15) is 50.8 Å². The number of rotatable bonds is 6. The molecule has 1 saturated carbocycles. The maximum absolute atomic E-state index is 5.91. The first-order valence-electron chi connectivity index (χ1n) is 6.86. The summed E-state index contributed by atoms with van der Waals surface area (Å²) in [4.78, 5) is 0. The van der Waals surface area contributed by atoms with Crippen molar-refractivity contribution < 1.29 is 4.74 Å². The molecule has 1 unspecified atom stereocenters. The van der Waals surface area contributed by atoms with Crippen molar-refractivity contribution in [1.29, 1.82) is 0 Å². The highest BCUT2D eigenvalue weighted by molar-refractivity contribution is 5.12. The third kappa shape index (κ3) is 2.42. The van der Waals surface area contributed by atoms with Gasteiger partial charge in [0, 0.05) is 14.2 Å². The van der Waals surface area contributed by atoms with E-state index < -0.39 is 0 Å². The van der Waals surface area contributed by atoms with Gasteiger partial charge in [-0.25, -0.2) is 0 Å². The predicted molar refractivity (Wildman–Crippen MR) is 70.2 cm³/mol. The molecule has 18 heavy (non-hydrogen) atoms. The highest BCUT2D eigenvalue weighted by atomic mass is 16.5. The molecule has 1 fully saturated rings. The van der Waals surface area contributed by atoms with Gasteiger partial charge in [0.05, 0.1) is 23.5 Å². The number of aryl methyl sites for hydroxylation is 1. The summed E-state index contributed by atoms with van der Waals surface area (Å²) >= 11 is 0. The standard InChI is InChI=1S/C13H24N4O/c1-4-9-14-12(11-10-15-16-17(11)2)13(18-3)7-5-6-8-13/h10,12,14H,4-9H2,1-3H3. The fourth-order valence-electron chi connectivity index (χ4n) is 2.99. The minimum absolute atomic E-state index is 0.0926. The zero-order valence-electron chi connectivity index (χ0n) is 11.6. The molecule has 0 bridgehead atoms. The van der Waals surface area contributed by atoms with E-state index in [0.717, 1.165) is 31.5 Å². The third-order valence-corrected chi connectivity index (χ3v) is 4.03. The smallest absolute Gasteiger partial charge is 0.0888 e. The molecule has 1 aromatic heterocycles. The van der Waals surface area contributed by atoms with E-state index in [-0.39, 0.29) is 11.6 Å². The quantitative estimate of drug-likeness (QED) is 0.839. The van der Waals surface area contributed by atoms with Crippen LogP contribution < -0.4 is 5.32 Å². The van der Waals surface area contributed by atoms with Gasteiger partial charge >= 0.3 is 0 Å². The molecule has 1 aliphatic carbocycles. The van der Waals surface area contributed by atoms with Crippen molar-refractivity contribution in [2.45, 2.75) is 50.7 Å². The molecule has 0 aromatic carbocycles. The van der Waals surface area contributed by atoms with Crippen molar-refractivity contribution in [2.24, 2.45) is 7.05 Å². The lowest BCUT2D eigenvalue weighted by atomic mass is 9.89. The number of methoxy groups -OCH3 is 1. The Morgan fingerprint density at radius 2 is 2.22 bits per heavy atom. The average molecular weight is 252 g/mol. The highest BCUT2D eigenvalue weighted by Crippen LogP contribution is 2.42. The number of nitrogens with zero attached hydrogens (tertiary/aromatic N) is 3. The summed E-state index contributed by atoms with van der Waals surface area (Å²) < 4.78 is 7.76. The molecule has 0 saturated heterocycles. The molecule has 0 amide bonds. The van der Waals surface area contributed by atoms with Crippen LogP contribution in [0.2, 0.25) is 0 Å². The van der Waals surface area contributed by atoms with E-state index in [0.29, 0.717) is 0 Å². The molecular weight excluding hydrogens is 228 g/mol. The second kappa shape index (κ2) is 5.80. The Morgan fingerprint density at radius 3 is 2.72 bits per heavy atom. The lowest BCUT2D eigenvalue weighted by molar-refractivity contribution is -0.0387. The average Bonchev–Trinajstić information content (AvgIpc) is 3.01. The molecule has 0 radical (unpaired) electrons. The van der Waals surface area contributed by atoms with Crippen molar-refractivity contribution in [1.82, 2.24) is 20.3 Å². The Bertz CT molecular complexity index is 371. The fourth-order valence-corrected chi connectivity index (χ4v) is 2.99. The van der Waals surface area contributed by atoms with Crippen molar-refractivity contribution in [3.8, 4) is 0 Å². The predicted octanol–water partition coefficient (Wildman–Crippen LogP) is 1.81. The van der Waals surface area contributed by atoms with Gasteiger partial charge in [-0.1, -0.05) is 25.0 Å². The topological polar surface area (TPSA) is 52.0 Å². The zero-order chi connectivity index (χ0) is 13.0. The first-order chi connectivity index (χ1) is 8.73. The molecule has 1 atom stereocenters. The molecule has 1 aromatic rings. The Morgan fingerprint density at radius 1 is 1.50 bits per heavy atom. The van der Waals surface area contributed by atoms with E-state index in [1.165, 1.54) is 12.8 Å². The van der Waals surface area contributed by atoms with Crippen LogP contribution in [0.3, 0.4) is 0 Å². The number of aromatic nitrogens is 3. The van der Waals surface area contributed by atoms with Gasteiger partial charge in [-0.2, -0.15) is 0 Å². The van der Waals surface area contributed by atoms with Crippen LogP contribution in [0.5, 0.6) is 0 Å². The second-order valence-electron chi connectivity index (χ2n) is 5.15. The largest absolute Gasteiger partial charge is 0.376 e. The minimum Gasteiger partial charge on any atom is -0.376 e. The Balaban J connectivity index is 2.26. The molecule has 5 nitrogen and oxygen atoms in total. The third-order valence-electron chi connectivity index (χ3n) is 4.03. The molecule has 5 heteroatoms. The van der Waals surface area contributed by atoms with E-state index in [9.17, 15) is 0 Å². The van der Waals surface area contributed by atoms with Crippen molar-refractivity contribution in [2.75, 3.05) is 13.7 Å². The van der Waals surface area contributed by atoms with E-state index in [1.807, 2.05) is 25.0 Å². The van der Waals surface area contributed by atoms with Gasteiger partial charge in [-0.15, -0.1) is 5.10 Å². The molecule has 1 N–H and O–H groups in total. The summed E-state index contributed by atoms with van der Waals surface area (Å²) in [6, 6.07) is 0.185. The lowest BCUT2D eigenvalue weighted by Gasteiger charge is -2.36. The van der Waals surface area contributed by atoms with Crippen LogP contribution in [0.15, 0.2) is 6.20 Å². The van der Waals surface area contributed by atoms with Gasteiger partial charge in [0.15, 0.2) is 0 Å². The number of hydrogen-bond donors (Lipinski definition) is 1. The summed E-state index contributed by atoms with van der Waals surface area (Å²) in [6.45, 7) is 3.17. The fraction of sp³-hybridized carbons (Fsp3) is 0.846. The van der Waals surface area contributed by atoms with Crippen molar-refractivity contribution >= 4 is 0 Å². The van der Waals surface area contributed by atoms with Crippen LogP contribution >= 0.6 is 0 Å². The molecular formula is C13H24N4O. The Kier molecular flexibility index (Phi) is 4.35. The number of hydrogen-bond acceptors (Lipinski definition) is 4. The molecule has 2 rings (SSSR count).